The molecule has 4 heteroatoms. The van der Waals surface area contributed by atoms with Crippen LogP contribution in [-0.2, 0) is 0 Å². The van der Waals surface area contributed by atoms with Gasteiger partial charge in [0, 0.05) is 6.54 Å². The highest BCUT2D eigenvalue weighted by Crippen LogP contribution is 2.25. The Morgan fingerprint density at radius 2 is 1.94 bits per heavy atom. The van der Waals surface area contributed by atoms with E-state index in [2.05, 4.69) is 22.5 Å². The average molecular weight is 262 g/mol. The maximum Gasteiger partial charge on any atom is 0.0640 e. The molecule has 0 saturated carbocycles. The van der Waals surface area contributed by atoms with Crippen molar-refractivity contribution in [2.75, 3.05) is 17.2 Å². The minimum absolute atomic E-state index is 0.699. The van der Waals surface area contributed by atoms with Gasteiger partial charge in [0.25, 0.3) is 0 Å². The van der Waals surface area contributed by atoms with E-state index in [0.717, 1.165) is 30.0 Å². The van der Waals surface area contributed by atoms with Crippen LogP contribution in [0.4, 0.5) is 17.1 Å². The third-order valence-electron chi connectivity index (χ3n) is 2.47. The molecule has 0 radical (unpaired) electrons. The first-order valence-corrected chi connectivity index (χ1v) is 6.38. The molecule has 0 fully saturated rings. The smallest absolute Gasteiger partial charge is 0.0640 e. The van der Waals surface area contributed by atoms with Crippen LogP contribution in [0.3, 0.4) is 0 Å². The molecule has 1 heterocycles. The Kier molecular flexibility index (Phi) is 4.42. The van der Waals surface area contributed by atoms with Gasteiger partial charge in [-0.25, -0.2) is 0 Å². The maximum absolute atomic E-state index is 6.10. The summed E-state index contributed by atoms with van der Waals surface area (Å²) >= 11 is 6.10. The van der Waals surface area contributed by atoms with Crippen molar-refractivity contribution in [3.63, 3.8) is 0 Å². The van der Waals surface area contributed by atoms with E-state index in [4.69, 9.17) is 11.6 Å². The van der Waals surface area contributed by atoms with Crippen LogP contribution < -0.4 is 10.6 Å². The third-order valence-corrected chi connectivity index (χ3v) is 2.80. The molecular weight excluding hydrogens is 246 g/mol. The van der Waals surface area contributed by atoms with E-state index < -0.39 is 0 Å². The molecule has 18 heavy (non-hydrogen) atoms. The van der Waals surface area contributed by atoms with Gasteiger partial charge in [0.05, 0.1) is 34.5 Å². The lowest BCUT2D eigenvalue weighted by Crippen LogP contribution is -2.01. The van der Waals surface area contributed by atoms with Crippen molar-refractivity contribution in [1.82, 2.24) is 4.98 Å². The number of hydrogen-bond donors (Lipinski definition) is 2. The second-order valence-electron chi connectivity index (χ2n) is 3.99. The van der Waals surface area contributed by atoms with E-state index in [1.165, 1.54) is 0 Å². The summed E-state index contributed by atoms with van der Waals surface area (Å²) in [7, 11) is 0. The van der Waals surface area contributed by atoms with Crippen molar-refractivity contribution in [2.24, 2.45) is 0 Å². The lowest BCUT2D eigenvalue weighted by Gasteiger charge is -2.10. The number of pyridine rings is 1. The molecule has 0 amide bonds. The summed E-state index contributed by atoms with van der Waals surface area (Å²) < 4.78 is 0. The number of anilines is 3. The van der Waals surface area contributed by atoms with Gasteiger partial charge in [-0.2, -0.15) is 0 Å². The SMILES string of the molecule is CCCNc1cncc(Nc2ccccc2Cl)c1. The molecule has 3 nitrogen and oxygen atoms in total. The fourth-order valence-corrected chi connectivity index (χ4v) is 1.78. The van der Waals surface area contributed by atoms with E-state index in [-0.39, 0.29) is 0 Å². The summed E-state index contributed by atoms with van der Waals surface area (Å²) in [6.07, 6.45) is 4.68. The molecular formula is C14H16ClN3. The second-order valence-corrected chi connectivity index (χ2v) is 4.40. The zero-order valence-corrected chi connectivity index (χ0v) is 11.0. The lowest BCUT2D eigenvalue weighted by molar-refractivity contribution is 0.978. The van der Waals surface area contributed by atoms with Crippen LogP contribution in [0.15, 0.2) is 42.7 Å². The summed E-state index contributed by atoms with van der Waals surface area (Å²) in [4.78, 5) is 4.20. The monoisotopic (exact) mass is 261 g/mol. The Hall–Kier alpha value is -1.74. The average Bonchev–Trinajstić information content (AvgIpc) is 2.40. The molecule has 0 saturated heterocycles. The fraction of sp³-hybridized carbons (Fsp3) is 0.214. The summed E-state index contributed by atoms with van der Waals surface area (Å²) in [6.45, 7) is 3.07. The van der Waals surface area contributed by atoms with Crippen LogP contribution in [0.25, 0.3) is 0 Å². The van der Waals surface area contributed by atoms with Gasteiger partial charge in [-0.3, -0.25) is 4.98 Å². The van der Waals surface area contributed by atoms with Gasteiger partial charge in [0.15, 0.2) is 0 Å². The van der Waals surface area contributed by atoms with Crippen LogP contribution in [-0.4, -0.2) is 11.5 Å². The van der Waals surface area contributed by atoms with Crippen molar-refractivity contribution in [2.45, 2.75) is 13.3 Å². The Bertz CT molecular complexity index is 514. The first kappa shape index (κ1) is 12.7. The molecule has 1 aromatic heterocycles. The van der Waals surface area contributed by atoms with Gasteiger partial charge in [-0.15, -0.1) is 0 Å². The molecule has 2 aromatic rings. The van der Waals surface area contributed by atoms with Crippen LogP contribution in [0.1, 0.15) is 13.3 Å². The lowest BCUT2D eigenvalue weighted by atomic mass is 10.3. The topological polar surface area (TPSA) is 37.0 Å². The number of para-hydroxylation sites is 1. The van der Waals surface area contributed by atoms with Crippen molar-refractivity contribution in [3.8, 4) is 0 Å². The van der Waals surface area contributed by atoms with Gasteiger partial charge in [0.2, 0.25) is 0 Å². The molecule has 2 rings (SSSR count). The van der Waals surface area contributed by atoms with Gasteiger partial charge < -0.3 is 10.6 Å². The van der Waals surface area contributed by atoms with Gasteiger partial charge >= 0.3 is 0 Å². The molecule has 94 valence electrons. The highest BCUT2D eigenvalue weighted by atomic mass is 35.5. The normalized spacial score (nSPS) is 10.1. The van der Waals surface area contributed by atoms with Crippen molar-refractivity contribution in [1.29, 1.82) is 0 Å². The van der Waals surface area contributed by atoms with Crippen LogP contribution >= 0.6 is 11.6 Å². The van der Waals surface area contributed by atoms with E-state index in [0.29, 0.717) is 5.02 Å². The van der Waals surface area contributed by atoms with Crippen molar-refractivity contribution in [3.05, 3.63) is 47.7 Å². The molecule has 0 spiro atoms. The predicted molar refractivity (Wildman–Crippen MR) is 77.8 cm³/mol. The molecule has 0 aliphatic heterocycles. The summed E-state index contributed by atoms with van der Waals surface area (Å²) in [5.74, 6) is 0. The quantitative estimate of drug-likeness (QED) is 0.843. The number of hydrogen-bond acceptors (Lipinski definition) is 3. The molecule has 0 aliphatic carbocycles. The predicted octanol–water partition coefficient (Wildman–Crippen LogP) is 4.30. The van der Waals surface area contributed by atoms with E-state index in [1.807, 2.05) is 36.5 Å². The molecule has 0 unspecified atom stereocenters. The third kappa shape index (κ3) is 3.37. The van der Waals surface area contributed by atoms with Gasteiger partial charge in [0.1, 0.15) is 0 Å². The summed E-state index contributed by atoms with van der Waals surface area (Å²) in [6, 6.07) is 9.67. The zero-order valence-electron chi connectivity index (χ0n) is 10.3. The first-order chi connectivity index (χ1) is 8.79. The highest BCUT2D eigenvalue weighted by molar-refractivity contribution is 6.33. The molecule has 0 atom stereocenters. The minimum Gasteiger partial charge on any atom is -0.384 e. The van der Waals surface area contributed by atoms with E-state index in [9.17, 15) is 0 Å². The molecule has 0 bridgehead atoms. The summed E-state index contributed by atoms with van der Waals surface area (Å²) in [5, 5.41) is 7.25. The number of halogens is 1. The van der Waals surface area contributed by atoms with E-state index in [1.54, 1.807) is 6.20 Å². The molecule has 2 N–H and O–H groups in total. The van der Waals surface area contributed by atoms with Gasteiger partial charge in [-0.1, -0.05) is 30.7 Å². The second kappa shape index (κ2) is 6.26. The number of benzene rings is 1. The van der Waals surface area contributed by atoms with Gasteiger partial charge in [-0.05, 0) is 24.6 Å². The van der Waals surface area contributed by atoms with E-state index >= 15 is 0 Å². The Balaban J connectivity index is 2.12. The fourth-order valence-electron chi connectivity index (χ4n) is 1.59. The Labute approximate surface area is 112 Å². The molecule has 1 aromatic carbocycles. The van der Waals surface area contributed by atoms with Crippen LogP contribution in [0.2, 0.25) is 5.02 Å². The summed E-state index contributed by atoms with van der Waals surface area (Å²) in [5.41, 5.74) is 2.81. The standard InChI is InChI=1S/C14H16ClN3/c1-2-7-17-11-8-12(10-16-9-11)18-14-6-4-3-5-13(14)15/h3-6,8-10,17-18H,2,7H2,1H3. The van der Waals surface area contributed by atoms with Crippen molar-refractivity contribution >= 4 is 28.7 Å². The highest BCUT2D eigenvalue weighted by Gasteiger charge is 2.00. The Morgan fingerprint density at radius 1 is 1.17 bits per heavy atom. The number of aromatic nitrogens is 1. The number of nitrogens with one attached hydrogen (secondary N) is 2. The van der Waals surface area contributed by atoms with Crippen molar-refractivity contribution < 1.29 is 0 Å². The maximum atomic E-state index is 6.10. The Morgan fingerprint density at radius 3 is 2.72 bits per heavy atom. The zero-order chi connectivity index (χ0) is 12.8. The number of nitrogens with zero attached hydrogens (tertiary/aromatic N) is 1. The first-order valence-electron chi connectivity index (χ1n) is 6.00. The minimum atomic E-state index is 0.699. The number of rotatable bonds is 5. The van der Waals surface area contributed by atoms with Crippen LogP contribution in [0.5, 0.6) is 0 Å². The molecule has 0 aliphatic rings. The largest absolute Gasteiger partial charge is 0.384 e. The van der Waals surface area contributed by atoms with Crippen LogP contribution in [0, 0.1) is 0 Å².